The molecule has 0 amide bonds. The van der Waals surface area contributed by atoms with E-state index in [1.54, 1.807) is 13.0 Å². The van der Waals surface area contributed by atoms with Crippen LogP contribution >= 0.6 is 11.6 Å². The Hall–Kier alpha value is -1.45. The van der Waals surface area contributed by atoms with Gasteiger partial charge in [-0.2, -0.15) is 5.26 Å². The minimum absolute atomic E-state index is 0.0372. The number of nitriles is 1. The first-order chi connectivity index (χ1) is 7.90. The highest BCUT2D eigenvalue weighted by atomic mass is 35.5. The van der Waals surface area contributed by atoms with Crippen molar-refractivity contribution in [3.8, 4) is 11.8 Å². The van der Waals surface area contributed by atoms with E-state index in [1.807, 2.05) is 0 Å². The van der Waals surface area contributed by atoms with Crippen molar-refractivity contribution < 1.29 is 13.5 Å². The number of nitrogens with zero attached hydrogens (tertiary/aromatic N) is 1. The lowest BCUT2D eigenvalue weighted by Gasteiger charge is -2.11. The Morgan fingerprint density at radius 2 is 2.24 bits per heavy atom. The Morgan fingerprint density at radius 3 is 2.71 bits per heavy atom. The molecule has 1 rings (SSSR count). The SMILES string of the molecule is CCC(C#N)S(=O)(=O)Nc1ccc(O)c(Cl)c1. The molecule has 0 aromatic heterocycles. The lowest BCUT2D eigenvalue weighted by molar-refractivity contribution is 0.475. The molecule has 1 unspecified atom stereocenters. The minimum Gasteiger partial charge on any atom is -0.506 e. The largest absolute Gasteiger partial charge is 0.506 e. The van der Waals surface area contributed by atoms with Crippen LogP contribution in [0.15, 0.2) is 18.2 Å². The summed E-state index contributed by atoms with van der Waals surface area (Å²) in [5, 5.41) is 16.8. The topological polar surface area (TPSA) is 90.2 Å². The Labute approximate surface area is 105 Å². The number of sulfonamides is 1. The standard InChI is InChI=1S/C10H11ClN2O3S/c1-2-8(6-12)17(15,16)13-7-3-4-10(14)9(11)5-7/h3-5,8,13-14H,2H2,1H3. The summed E-state index contributed by atoms with van der Waals surface area (Å²) in [6.07, 6.45) is 0.192. The maximum atomic E-state index is 11.7. The van der Waals surface area contributed by atoms with E-state index < -0.39 is 15.3 Å². The van der Waals surface area contributed by atoms with Crippen LogP contribution in [-0.4, -0.2) is 18.8 Å². The molecule has 0 heterocycles. The van der Waals surface area contributed by atoms with Crippen LogP contribution in [-0.2, 0) is 10.0 Å². The third-order valence-corrected chi connectivity index (χ3v) is 4.11. The van der Waals surface area contributed by atoms with Crippen molar-refractivity contribution in [1.82, 2.24) is 0 Å². The second-order valence-corrected chi connectivity index (χ2v) is 5.61. The van der Waals surface area contributed by atoms with Crippen LogP contribution in [0.1, 0.15) is 13.3 Å². The molecule has 0 aliphatic carbocycles. The lowest BCUT2D eigenvalue weighted by Crippen LogP contribution is -2.25. The van der Waals surface area contributed by atoms with E-state index in [2.05, 4.69) is 4.72 Å². The van der Waals surface area contributed by atoms with E-state index in [0.29, 0.717) is 0 Å². The summed E-state index contributed by atoms with van der Waals surface area (Å²) < 4.78 is 25.7. The molecule has 0 aliphatic rings. The predicted octanol–water partition coefficient (Wildman–Crippen LogP) is 2.09. The highest BCUT2D eigenvalue weighted by Crippen LogP contribution is 2.27. The quantitative estimate of drug-likeness (QED) is 0.823. The van der Waals surface area contributed by atoms with Gasteiger partial charge in [0.15, 0.2) is 5.25 Å². The molecule has 0 spiro atoms. The van der Waals surface area contributed by atoms with Crippen molar-refractivity contribution in [2.75, 3.05) is 4.72 Å². The minimum atomic E-state index is -3.76. The smallest absolute Gasteiger partial charge is 0.249 e. The molecule has 1 aromatic carbocycles. The number of nitrogens with one attached hydrogen (secondary N) is 1. The lowest BCUT2D eigenvalue weighted by atomic mass is 10.3. The highest BCUT2D eigenvalue weighted by molar-refractivity contribution is 7.93. The zero-order valence-electron chi connectivity index (χ0n) is 9.01. The second-order valence-electron chi connectivity index (χ2n) is 3.34. The summed E-state index contributed by atoms with van der Waals surface area (Å²) in [6.45, 7) is 1.61. The molecule has 0 fully saturated rings. The Kier molecular flexibility index (Phi) is 4.21. The van der Waals surface area contributed by atoms with E-state index in [4.69, 9.17) is 16.9 Å². The molecule has 1 aromatic rings. The van der Waals surface area contributed by atoms with Gasteiger partial charge in [0.25, 0.3) is 0 Å². The summed E-state index contributed by atoms with van der Waals surface area (Å²) in [4.78, 5) is 0. The van der Waals surface area contributed by atoms with Crippen LogP contribution in [0.3, 0.4) is 0 Å². The van der Waals surface area contributed by atoms with E-state index in [1.165, 1.54) is 18.2 Å². The van der Waals surface area contributed by atoms with E-state index in [9.17, 15) is 13.5 Å². The molecule has 17 heavy (non-hydrogen) atoms. The van der Waals surface area contributed by atoms with Gasteiger partial charge in [-0.05, 0) is 24.6 Å². The van der Waals surface area contributed by atoms with Crippen molar-refractivity contribution >= 4 is 27.3 Å². The van der Waals surface area contributed by atoms with Crippen LogP contribution in [0.5, 0.6) is 5.75 Å². The normalized spacial score (nSPS) is 12.8. The molecular formula is C10H11ClN2O3S. The summed E-state index contributed by atoms with van der Waals surface area (Å²) >= 11 is 5.64. The average Bonchev–Trinajstić information content (AvgIpc) is 2.24. The Morgan fingerprint density at radius 1 is 1.59 bits per heavy atom. The number of anilines is 1. The maximum Gasteiger partial charge on any atom is 0.249 e. The monoisotopic (exact) mass is 274 g/mol. The molecule has 0 radical (unpaired) electrons. The number of benzene rings is 1. The Bertz CT molecular complexity index is 551. The van der Waals surface area contributed by atoms with Gasteiger partial charge >= 0.3 is 0 Å². The Balaban J connectivity index is 2.99. The van der Waals surface area contributed by atoms with E-state index in [0.717, 1.165) is 0 Å². The number of hydrogen-bond donors (Lipinski definition) is 2. The molecule has 2 N–H and O–H groups in total. The van der Waals surface area contributed by atoms with Crippen LogP contribution in [0, 0.1) is 11.3 Å². The van der Waals surface area contributed by atoms with E-state index >= 15 is 0 Å². The number of hydrogen-bond acceptors (Lipinski definition) is 4. The van der Waals surface area contributed by atoms with Gasteiger partial charge in [0.05, 0.1) is 16.8 Å². The molecule has 0 saturated heterocycles. The van der Waals surface area contributed by atoms with E-state index in [-0.39, 0.29) is 22.9 Å². The fourth-order valence-electron chi connectivity index (χ4n) is 1.19. The third kappa shape index (κ3) is 3.25. The fraction of sp³-hybridized carbons (Fsp3) is 0.300. The van der Waals surface area contributed by atoms with Crippen molar-refractivity contribution in [3.05, 3.63) is 23.2 Å². The molecule has 7 heteroatoms. The highest BCUT2D eigenvalue weighted by Gasteiger charge is 2.23. The molecule has 0 saturated carbocycles. The molecule has 0 aliphatic heterocycles. The first-order valence-corrected chi connectivity index (χ1v) is 6.73. The van der Waals surface area contributed by atoms with Gasteiger partial charge in [-0.15, -0.1) is 0 Å². The number of phenolic OH excluding ortho intramolecular Hbond substituents is 1. The van der Waals surface area contributed by atoms with Gasteiger partial charge < -0.3 is 5.11 Å². The zero-order valence-corrected chi connectivity index (χ0v) is 10.6. The number of rotatable bonds is 4. The fourth-order valence-corrected chi connectivity index (χ4v) is 2.54. The van der Waals surface area contributed by atoms with Crippen LogP contribution < -0.4 is 4.72 Å². The van der Waals surface area contributed by atoms with Gasteiger partial charge in [-0.1, -0.05) is 18.5 Å². The summed E-state index contributed by atoms with van der Waals surface area (Å²) in [5.41, 5.74) is 0.210. The number of phenols is 1. The summed E-state index contributed by atoms with van der Waals surface area (Å²) in [5.74, 6) is -0.137. The summed E-state index contributed by atoms with van der Waals surface area (Å²) in [6, 6.07) is 5.62. The van der Waals surface area contributed by atoms with Crippen molar-refractivity contribution in [2.45, 2.75) is 18.6 Å². The zero-order chi connectivity index (χ0) is 13.1. The van der Waals surface area contributed by atoms with Gasteiger partial charge in [0.1, 0.15) is 5.75 Å². The molecular weight excluding hydrogens is 264 g/mol. The van der Waals surface area contributed by atoms with Gasteiger partial charge in [0.2, 0.25) is 10.0 Å². The maximum absolute atomic E-state index is 11.7. The average molecular weight is 275 g/mol. The van der Waals surface area contributed by atoms with Crippen LogP contribution in [0.2, 0.25) is 5.02 Å². The third-order valence-electron chi connectivity index (χ3n) is 2.10. The van der Waals surface area contributed by atoms with Gasteiger partial charge in [-0.3, -0.25) is 4.72 Å². The first-order valence-electron chi connectivity index (χ1n) is 4.80. The van der Waals surface area contributed by atoms with Crippen molar-refractivity contribution in [3.63, 3.8) is 0 Å². The summed E-state index contributed by atoms with van der Waals surface area (Å²) in [7, 11) is -3.76. The van der Waals surface area contributed by atoms with Crippen molar-refractivity contribution in [1.29, 1.82) is 5.26 Å². The number of aromatic hydroxyl groups is 1. The van der Waals surface area contributed by atoms with Crippen molar-refractivity contribution in [2.24, 2.45) is 0 Å². The second kappa shape index (κ2) is 5.25. The molecule has 0 bridgehead atoms. The first kappa shape index (κ1) is 13.6. The van der Waals surface area contributed by atoms with Gasteiger partial charge in [0, 0.05) is 0 Å². The van der Waals surface area contributed by atoms with Gasteiger partial charge in [-0.25, -0.2) is 8.42 Å². The molecule has 5 nitrogen and oxygen atoms in total. The van der Waals surface area contributed by atoms with Crippen LogP contribution in [0.4, 0.5) is 5.69 Å². The van der Waals surface area contributed by atoms with Crippen LogP contribution in [0.25, 0.3) is 0 Å². The number of halogens is 1. The predicted molar refractivity (Wildman–Crippen MR) is 65.4 cm³/mol. The molecule has 1 atom stereocenters. The molecule has 92 valence electrons.